The monoisotopic (exact) mass is 229 g/mol. The van der Waals surface area contributed by atoms with Crippen LogP contribution in [0.3, 0.4) is 0 Å². The molecule has 0 spiro atoms. The number of rotatable bonds is 7. The maximum Gasteiger partial charge on any atom is 0.0693 e. The van der Waals surface area contributed by atoms with E-state index in [9.17, 15) is 5.11 Å². The molecule has 0 bridgehead atoms. The van der Waals surface area contributed by atoms with Gasteiger partial charge in [0.05, 0.1) is 6.10 Å². The molecule has 96 valence electrons. The number of nitrogens with one attached hydrogen (secondary N) is 1. The molecular formula is C13H27NO2. The summed E-state index contributed by atoms with van der Waals surface area (Å²) in [6.45, 7) is 6.97. The van der Waals surface area contributed by atoms with Gasteiger partial charge in [0.25, 0.3) is 0 Å². The number of hydrogen-bond donors (Lipinski definition) is 2. The Kier molecular flexibility index (Phi) is 7.01. The van der Waals surface area contributed by atoms with E-state index in [2.05, 4.69) is 19.2 Å². The molecule has 1 rings (SSSR count). The zero-order chi connectivity index (χ0) is 11.8. The molecule has 1 aliphatic rings. The SMILES string of the molecule is CC(C)COCCCN[C@H]1CCCC[C@@H]1O. The van der Waals surface area contributed by atoms with Gasteiger partial charge in [0, 0.05) is 19.3 Å². The molecule has 0 aromatic carbocycles. The van der Waals surface area contributed by atoms with Crippen LogP contribution in [0.2, 0.25) is 0 Å². The molecule has 0 heterocycles. The number of aliphatic hydroxyl groups is 1. The first-order chi connectivity index (χ1) is 7.70. The third-order valence-electron chi connectivity index (χ3n) is 3.05. The van der Waals surface area contributed by atoms with Gasteiger partial charge in [-0.15, -0.1) is 0 Å². The molecule has 0 radical (unpaired) electrons. The lowest BCUT2D eigenvalue weighted by molar-refractivity contribution is 0.0839. The number of hydrogen-bond acceptors (Lipinski definition) is 3. The molecular weight excluding hydrogens is 202 g/mol. The fourth-order valence-corrected chi connectivity index (χ4v) is 2.13. The molecule has 0 aliphatic heterocycles. The smallest absolute Gasteiger partial charge is 0.0693 e. The minimum absolute atomic E-state index is 0.134. The van der Waals surface area contributed by atoms with E-state index < -0.39 is 0 Å². The molecule has 2 atom stereocenters. The maximum absolute atomic E-state index is 9.75. The van der Waals surface area contributed by atoms with Crippen molar-refractivity contribution in [1.82, 2.24) is 5.32 Å². The van der Waals surface area contributed by atoms with E-state index in [-0.39, 0.29) is 6.10 Å². The second-order valence-electron chi connectivity index (χ2n) is 5.23. The summed E-state index contributed by atoms with van der Waals surface area (Å²) < 4.78 is 5.51. The Morgan fingerprint density at radius 1 is 1.31 bits per heavy atom. The number of ether oxygens (including phenoxy) is 1. The Bertz CT molecular complexity index is 173. The Balaban J connectivity index is 1.94. The predicted octanol–water partition coefficient (Wildman–Crippen LogP) is 1.94. The van der Waals surface area contributed by atoms with E-state index in [0.29, 0.717) is 12.0 Å². The average molecular weight is 229 g/mol. The standard InChI is InChI=1S/C13H27NO2/c1-11(2)10-16-9-5-8-14-12-6-3-4-7-13(12)15/h11-15H,3-10H2,1-2H3/t12-,13-/m0/s1. The number of aliphatic hydroxyl groups excluding tert-OH is 1. The fraction of sp³-hybridized carbons (Fsp3) is 1.00. The molecule has 1 aliphatic carbocycles. The summed E-state index contributed by atoms with van der Waals surface area (Å²) >= 11 is 0. The first-order valence-electron chi connectivity index (χ1n) is 6.69. The zero-order valence-corrected chi connectivity index (χ0v) is 10.7. The summed E-state index contributed by atoms with van der Waals surface area (Å²) in [4.78, 5) is 0. The third-order valence-corrected chi connectivity index (χ3v) is 3.05. The fourth-order valence-electron chi connectivity index (χ4n) is 2.13. The van der Waals surface area contributed by atoms with Crippen molar-refractivity contribution >= 4 is 0 Å². The summed E-state index contributed by atoms with van der Waals surface area (Å²) in [5, 5.41) is 13.2. The van der Waals surface area contributed by atoms with E-state index in [1.165, 1.54) is 12.8 Å². The van der Waals surface area contributed by atoms with Crippen LogP contribution in [0.15, 0.2) is 0 Å². The van der Waals surface area contributed by atoms with Gasteiger partial charge < -0.3 is 15.2 Å². The molecule has 2 N–H and O–H groups in total. The zero-order valence-electron chi connectivity index (χ0n) is 10.7. The van der Waals surface area contributed by atoms with Crippen LogP contribution in [0, 0.1) is 5.92 Å². The molecule has 0 aromatic heterocycles. The van der Waals surface area contributed by atoms with E-state index in [1.54, 1.807) is 0 Å². The molecule has 3 nitrogen and oxygen atoms in total. The topological polar surface area (TPSA) is 41.5 Å². The van der Waals surface area contributed by atoms with Crippen molar-refractivity contribution in [1.29, 1.82) is 0 Å². The Morgan fingerprint density at radius 2 is 2.06 bits per heavy atom. The quantitative estimate of drug-likeness (QED) is 0.656. The van der Waals surface area contributed by atoms with Crippen LogP contribution < -0.4 is 5.32 Å². The van der Waals surface area contributed by atoms with Crippen LogP contribution in [0.5, 0.6) is 0 Å². The third kappa shape index (κ3) is 5.83. The lowest BCUT2D eigenvalue weighted by Crippen LogP contribution is -2.42. The van der Waals surface area contributed by atoms with Crippen molar-refractivity contribution in [2.24, 2.45) is 5.92 Å². The van der Waals surface area contributed by atoms with Crippen molar-refractivity contribution < 1.29 is 9.84 Å². The molecule has 0 unspecified atom stereocenters. The molecule has 0 amide bonds. The van der Waals surface area contributed by atoms with E-state index in [0.717, 1.165) is 39.0 Å². The Hall–Kier alpha value is -0.120. The summed E-state index contributed by atoms with van der Waals surface area (Å²) in [6, 6.07) is 0.318. The highest BCUT2D eigenvalue weighted by Gasteiger charge is 2.21. The maximum atomic E-state index is 9.75. The van der Waals surface area contributed by atoms with Crippen LogP contribution in [0.1, 0.15) is 46.0 Å². The predicted molar refractivity (Wildman–Crippen MR) is 66.5 cm³/mol. The van der Waals surface area contributed by atoms with Crippen molar-refractivity contribution in [2.45, 2.75) is 58.1 Å². The van der Waals surface area contributed by atoms with E-state index in [4.69, 9.17) is 4.74 Å². The van der Waals surface area contributed by atoms with Gasteiger partial charge in [0.2, 0.25) is 0 Å². The lowest BCUT2D eigenvalue weighted by Gasteiger charge is -2.28. The van der Waals surface area contributed by atoms with Crippen molar-refractivity contribution in [3.63, 3.8) is 0 Å². The molecule has 1 fully saturated rings. The summed E-state index contributed by atoms with van der Waals surface area (Å²) in [6.07, 6.45) is 5.41. The van der Waals surface area contributed by atoms with Crippen LogP contribution >= 0.6 is 0 Å². The van der Waals surface area contributed by atoms with Crippen molar-refractivity contribution in [2.75, 3.05) is 19.8 Å². The first-order valence-corrected chi connectivity index (χ1v) is 6.69. The van der Waals surface area contributed by atoms with Gasteiger partial charge >= 0.3 is 0 Å². The van der Waals surface area contributed by atoms with Crippen molar-refractivity contribution in [3.8, 4) is 0 Å². The second-order valence-corrected chi connectivity index (χ2v) is 5.23. The highest BCUT2D eigenvalue weighted by atomic mass is 16.5. The first kappa shape index (κ1) is 13.9. The van der Waals surface area contributed by atoms with Crippen molar-refractivity contribution in [3.05, 3.63) is 0 Å². The highest BCUT2D eigenvalue weighted by Crippen LogP contribution is 2.18. The van der Waals surface area contributed by atoms with Gasteiger partial charge in [-0.2, -0.15) is 0 Å². The normalized spacial score (nSPS) is 26.2. The largest absolute Gasteiger partial charge is 0.392 e. The minimum Gasteiger partial charge on any atom is -0.392 e. The van der Waals surface area contributed by atoms with Crippen LogP contribution in [0.25, 0.3) is 0 Å². The van der Waals surface area contributed by atoms with Gasteiger partial charge in [0.15, 0.2) is 0 Å². The molecule has 0 saturated heterocycles. The minimum atomic E-state index is -0.134. The molecule has 16 heavy (non-hydrogen) atoms. The van der Waals surface area contributed by atoms with Crippen LogP contribution in [0.4, 0.5) is 0 Å². The van der Waals surface area contributed by atoms with E-state index in [1.807, 2.05) is 0 Å². The summed E-state index contributed by atoms with van der Waals surface area (Å²) in [5.74, 6) is 0.619. The molecule has 1 saturated carbocycles. The highest BCUT2D eigenvalue weighted by molar-refractivity contribution is 4.79. The van der Waals surface area contributed by atoms with Crippen LogP contribution in [-0.4, -0.2) is 37.0 Å². The van der Waals surface area contributed by atoms with Gasteiger partial charge in [-0.1, -0.05) is 26.7 Å². The van der Waals surface area contributed by atoms with Crippen LogP contribution in [-0.2, 0) is 4.74 Å². The average Bonchev–Trinajstić information content (AvgIpc) is 2.25. The van der Waals surface area contributed by atoms with E-state index >= 15 is 0 Å². The second kappa shape index (κ2) is 8.04. The lowest BCUT2D eigenvalue weighted by atomic mass is 9.92. The molecule has 0 aromatic rings. The van der Waals surface area contributed by atoms with Gasteiger partial charge in [-0.05, 0) is 31.7 Å². The van der Waals surface area contributed by atoms with Gasteiger partial charge in [-0.3, -0.25) is 0 Å². The summed E-state index contributed by atoms with van der Waals surface area (Å²) in [7, 11) is 0. The molecule has 3 heteroatoms. The Morgan fingerprint density at radius 3 is 2.75 bits per heavy atom. The van der Waals surface area contributed by atoms with Gasteiger partial charge in [-0.25, -0.2) is 0 Å². The Labute approximate surface area is 99.6 Å². The van der Waals surface area contributed by atoms with Gasteiger partial charge in [0.1, 0.15) is 0 Å². The summed E-state index contributed by atoms with van der Waals surface area (Å²) in [5.41, 5.74) is 0.